The summed E-state index contributed by atoms with van der Waals surface area (Å²) in [7, 11) is 2.20. The van der Waals surface area contributed by atoms with Gasteiger partial charge in [0.15, 0.2) is 5.15 Å². The molecule has 4 heteroatoms. The number of nitrogens with zero attached hydrogens (tertiary/aromatic N) is 3. The van der Waals surface area contributed by atoms with E-state index in [2.05, 4.69) is 21.5 Å². The fourth-order valence-electron chi connectivity index (χ4n) is 3.10. The molecule has 0 aromatic carbocycles. The Morgan fingerprint density at radius 2 is 1.94 bits per heavy atom. The Hall–Kier alpha value is -0.540. The first-order valence-corrected chi connectivity index (χ1v) is 7.07. The van der Waals surface area contributed by atoms with Gasteiger partial charge in [0.2, 0.25) is 0 Å². The highest BCUT2D eigenvalue weighted by Gasteiger charge is 2.26. The van der Waals surface area contributed by atoms with Crippen molar-refractivity contribution in [2.45, 2.75) is 44.6 Å². The van der Waals surface area contributed by atoms with Crippen molar-refractivity contribution in [1.82, 2.24) is 14.5 Å². The first-order valence-electron chi connectivity index (χ1n) is 6.69. The van der Waals surface area contributed by atoms with E-state index < -0.39 is 0 Å². The van der Waals surface area contributed by atoms with Crippen LogP contribution in [0.2, 0.25) is 5.15 Å². The highest BCUT2D eigenvalue weighted by Crippen LogP contribution is 2.32. The number of hydrogen-bond acceptors (Lipinski definition) is 2. The maximum Gasteiger partial charge on any atom is 0.150 e. The van der Waals surface area contributed by atoms with Gasteiger partial charge in [0.05, 0.1) is 5.69 Å². The molecule has 0 aliphatic carbocycles. The molecule has 2 aliphatic heterocycles. The van der Waals surface area contributed by atoms with Crippen LogP contribution in [0.25, 0.3) is 0 Å². The van der Waals surface area contributed by atoms with Crippen molar-refractivity contribution in [3.05, 3.63) is 16.7 Å². The van der Waals surface area contributed by atoms with E-state index in [9.17, 15) is 0 Å². The minimum absolute atomic E-state index is 0.621. The lowest BCUT2D eigenvalue weighted by molar-refractivity contribution is 0.247. The van der Waals surface area contributed by atoms with Crippen LogP contribution in [0.5, 0.6) is 0 Å². The summed E-state index contributed by atoms with van der Waals surface area (Å²) in [6.07, 6.45) is 6.10. The predicted molar refractivity (Wildman–Crippen MR) is 69.6 cm³/mol. The second-order valence-electron chi connectivity index (χ2n) is 5.39. The van der Waals surface area contributed by atoms with E-state index in [1.54, 1.807) is 0 Å². The molecular formula is C13H20ClN3. The first kappa shape index (κ1) is 11.5. The Morgan fingerprint density at radius 1 is 1.18 bits per heavy atom. The largest absolute Gasteiger partial charge is 0.330 e. The zero-order chi connectivity index (χ0) is 11.8. The SMILES string of the molecule is CN1CCC(c2nc(Cl)c3n2CCCC3)CC1. The van der Waals surface area contributed by atoms with E-state index in [1.807, 2.05) is 0 Å². The van der Waals surface area contributed by atoms with Crippen LogP contribution in [0.3, 0.4) is 0 Å². The van der Waals surface area contributed by atoms with Crippen LogP contribution in [0.1, 0.15) is 43.1 Å². The molecule has 3 nitrogen and oxygen atoms in total. The molecule has 1 aromatic rings. The van der Waals surface area contributed by atoms with Crippen molar-refractivity contribution >= 4 is 11.6 Å². The second-order valence-corrected chi connectivity index (χ2v) is 5.75. The van der Waals surface area contributed by atoms with E-state index in [0.29, 0.717) is 5.92 Å². The predicted octanol–water partition coefficient (Wildman–Crippen LogP) is 2.68. The van der Waals surface area contributed by atoms with Crippen LogP contribution in [-0.4, -0.2) is 34.6 Å². The standard InChI is InChI=1S/C13H20ClN3/c1-16-8-5-10(6-9-16)13-15-12(14)11-4-2-3-7-17(11)13/h10H,2-9H2,1H3. The van der Waals surface area contributed by atoms with Gasteiger partial charge in [0.1, 0.15) is 5.82 Å². The van der Waals surface area contributed by atoms with Crippen LogP contribution in [0.4, 0.5) is 0 Å². The molecule has 0 spiro atoms. The maximum absolute atomic E-state index is 6.27. The summed E-state index contributed by atoms with van der Waals surface area (Å²) in [5.74, 6) is 1.88. The van der Waals surface area contributed by atoms with Crippen LogP contribution in [-0.2, 0) is 13.0 Å². The van der Waals surface area contributed by atoms with Gasteiger partial charge in [-0.1, -0.05) is 11.6 Å². The van der Waals surface area contributed by atoms with Gasteiger partial charge < -0.3 is 9.47 Å². The molecule has 0 unspecified atom stereocenters. The van der Waals surface area contributed by atoms with Crippen molar-refractivity contribution in [3.63, 3.8) is 0 Å². The van der Waals surface area contributed by atoms with Gasteiger partial charge in [-0.25, -0.2) is 4.98 Å². The molecule has 1 saturated heterocycles. The summed E-state index contributed by atoms with van der Waals surface area (Å²) in [6, 6.07) is 0. The maximum atomic E-state index is 6.27. The number of fused-ring (bicyclic) bond motifs is 1. The van der Waals surface area contributed by atoms with E-state index in [-0.39, 0.29) is 0 Å². The fourth-order valence-corrected chi connectivity index (χ4v) is 3.39. The molecule has 3 heterocycles. The number of imidazole rings is 1. The molecule has 0 atom stereocenters. The Balaban J connectivity index is 1.87. The summed E-state index contributed by atoms with van der Waals surface area (Å²) >= 11 is 6.27. The van der Waals surface area contributed by atoms with Gasteiger partial charge in [-0.15, -0.1) is 0 Å². The smallest absolute Gasteiger partial charge is 0.150 e. The van der Waals surface area contributed by atoms with E-state index in [1.165, 1.54) is 50.3 Å². The third-order valence-corrected chi connectivity index (χ3v) is 4.48. The second kappa shape index (κ2) is 4.62. The van der Waals surface area contributed by atoms with Gasteiger partial charge in [0.25, 0.3) is 0 Å². The van der Waals surface area contributed by atoms with Crippen LogP contribution >= 0.6 is 11.6 Å². The highest BCUT2D eigenvalue weighted by atomic mass is 35.5. The summed E-state index contributed by atoms with van der Waals surface area (Å²) < 4.78 is 2.40. The first-order chi connectivity index (χ1) is 8.25. The number of hydrogen-bond donors (Lipinski definition) is 0. The topological polar surface area (TPSA) is 21.1 Å². The number of piperidine rings is 1. The molecule has 3 rings (SSSR count). The molecule has 0 saturated carbocycles. The van der Waals surface area contributed by atoms with Crippen LogP contribution in [0, 0.1) is 0 Å². The van der Waals surface area contributed by atoms with Gasteiger partial charge in [-0.05, 0) is 52.2 Å². The molecule has 0 N–H and O–H groups in total. The molecule has 94 valence electrons. The van der Waals surface area contributed by atoms with E-state index in [4.69, 9.17) is 11.6 Å². The Labute approximate surface area is 108 Å². The molecule has 0 radical (unpaired) electrons. The molecule has 17 heavy (non-hydrogen) atoms. The van der Waals surface area contributed by atoms with Crippen molar-refractivity contribution < 1.29 is 0 Å². The Morgan fingerprint density at radius 3 is 2.71 bits per heavy atom. The fraction of sp³-hybridized carbons (Fsp3) is 0.769. The zero-order valence-electron chi connectivity index (χ0n) is 10.5. The number of rotatable bonds is 1. The average molecular weight is 254 g/mol. The number of aromatic nitrogens is 2. The van der Waals surface area contributed by atoms with Crippen molar-refractivity contribution in [3.8, 4) is 0 Å². The summed E-state index contributed by atoms with van der Waals surface area (Å²) in [6.45, 7) is 3.49. The van der Waals surface area contributed by atoms with Gasteiger partial charge in [-0.3, -0.25) is 0 Å². The highest BCUT2D eigenvalue weighted by molar-refractivity contribution is 6.30. The van der Waals surface area contributed by atoms with E-state index >= 15 is 0 Å². The number of halogens is 1. The Kier molecular flexibility index (Phi) is 3.14. The molecule has 0 amide bonds. The minimum atomic E-state index is 0.621. The zero-order valence-corrected chi connectivity index (χ0v) is 11.2. The minimum Gasteiger partial charge on any atom is -0.330 e. The third-order valence-electron chi connectivity index (χ3n) is 4.18. The van der Waals surface area contributed by atoms with E-state index in [0.717, 1.165) is 18.1 Å². The van der Waals surface area contributed by atoms with Crippen molar-refractivity contribution in [2.75, 3.05) is 20.1 Å². The van der Waals surface area contributed by atoms with Gasteiger partial charge >= 0.3 is 0 Å². The average Bonchev–Trinajstić information content (AvgIpc) is 2.69. The quantitative estimate of drug-likeness (QED) is 0.767. The lowest BCUT2D eigenvalue weighted by Gasteiger charge is -2.29. The normalized spacial score (nSPS) is 22.7. The molecule has 1 fully saturated rings. The molecular weight excluding hydrogens is 234 g/mol. The van der Waals surface area contributed by atoms with Gasteiger partial charge in [0, 0.05) is 12.5 Å². The molecule has 1 aromatic heterocycles. The number of likely N-dealkylation sites (tertiary alicyclic amines) is 1. The third kappa shape index (κ3) is 2.11. The lowest BCUT2D eigenvalue weighted by Crippen LogP contribution is -2.30. The summed E-state index contributed by atoms with van der Waals surface area (Å²) in [5, 5.41) is 0.763. The lowest BCUT2D eigenvalue weighted by atomic mass is 9.96. The molecule has 0 bridgehead atoms. The monoisotopic (exact) mass is 253 g/mol. The van der Waals surface area contributed by atoms with Crippen LogP contribution < -0.4 is 0 Å². The molecule has 2 aliphatic rings. The Bertz CT molecular complexity index is 405. The van der Waals surface area contributed by atoms with Crippen LogP contribution in [0.15, 0.2) is 0 Å². The van der Waals surface area contributed by atoms with Crippen molar-refractivity contribution in [1.29, 1.82) is 0 Å². The summed E-state index contributed by atoms with van der Waals surface area (Å²) in [4.78, 5) is 7.05. The van der Waals surface area contributed by atoms with Crippen molar-refractivity contribution in [2.24, 2.45) is 0 Å². The van der Waals surface area contributed by atoms with Gasteiger partial charge in [-0.2, -0.15) is 0 Å². The summed E-state index contributed by atoms with van der Waals surface area (Å²) in [5.41, 5.74) is 1.28.